The molecule has 2 rings (SSSR count). The van der Waals surface area contributed by atoms with Gasteiger partial charge in [-0.15, -0.1) is 0 Å². The molecule has 0 spiro atoms. The minimum absolute atomic E-state index is 0.124. The van der Waals surface area contributed by atoms with Crippen LogP contribution in [0.3, 0.4) is 0 Å². The summed E-state index contributed by atoms with van der Waals surface area (Å²) in [7, 11) is 0. The molecule has 0 radical (unpaired) electrons. The maximum Gasteiger partial charge on any atom is 0.408 e. The molecule has 0 saturated heterocycles. The maximum absolute atomic E-state index is 12.2. The maximum atomic E-state index is 12.2. The van der Waals surface area contributed by atoms with Gasteiger partial charge in [-0.25, -0.2) is 4.79 Å². The second-order valence-corrected chi connectivity index (χ2v) is 8.56. The molecular formula is C22H26BrN3O4. The third kappa shape index (κ3) is 8.65. The average molecular weight is 476 g/mol. The van der Waals surface area contributed by atoms with Gasteiger partial charge in [0, 0.05) is 16.7 Å². The molecule has 0 aliphatic rings. The zero-order valence-corrected chi connectivity index (χ0v) is 18.8. The molecule has 30 heavy (non-hydrogen) atoms. The first kappa shape index (κ1) is 23.4. The standard InChI is InChI=1S/C22H26BrN3O4/c1-22(2,3)30-21(29)25-14-20(28)26-18-10-5-4-8-16(18)13-24-19(27)12-15-7-6-9-17(23)11-15/h4-11H,12-14H2,1-3H3,(H,24,27)(H,25,29)(H,26,28). The summed E-state index contributed by atoms with van der Waals surface area (Å²) in [5.74, 6) is -0.519. The van der Waals surface area contributed by atoms with E-state index in [4.69, 9.17) is 4.74 Å². The van der Waals surface area contributed by atoms with E-state index in [1.165, 1.54) is 0 Å². The van der Waals surface area contributed by atoms with E-state index in [2.05, 4.69) is 31.9 Å². The first-order valence-electron chi connectivity index (χ1n) is 9.48. The fourth-order valence-corrected chi connectivity index (χ4v) is 2.99. The number of nitrogens with one attached hydrogen (secondary N) is 3. The van der Waals surface area contributed by atoms with Gasteiger partial charge in [-0.3, -0.25) is 9.59 Å². The highest BCUT2D eigenvalue weighted by Crippen LogP contribution is 2.15. The normalized spacial score (nSPS) is 10.8. The largest absolute Gasteiger partial charge is 0.444 e. The lowest BCUT2D eigenvalue weighted by molar-refractivity contribution is -0.120. The lowest BCUT2D eigenvalue weighted by Gasteiger charge is -2.19. The van der Waals surface area contributed by atoms with Crippen LogP contribution in [0.5, 0.6) is 0 Å². The van der Waals surface area contributed by atoms with Crippen molar-refractivity contribution >= 4 is 39.5 Å². The van der Waals surface area contributed by atoms with Gasteiger partial charge in [-0.2, -0.15) is 0 Å². The smallest absolute Gasteiger partial charge is 0.408 e. The number of anilines is 1. The predicted molar refractivity (Wildman–Crippen MR) is 119 cm³/mol. The molecule has 0 aromatic heterocycles. The Balaban J connectivity index is 1.87. The quantitative estimate of drug-likeness (QED) is 0.567. The van der Waals surface area contributed by atoms with E-state index in [1.54, 1.807) is 32.9 Å². The Morgan fingerprint density at radius 3 is 2.40 bits per heavy atom. The van der Waals surface area contributed by atoms with Crippen LogP contribution in [0.1, 0.15) is 31.9 Å². The number of halogens is 1. The number of hydrogen-bond acceptors (Lipinski definition) is 4. The van der Waals surface area contributed by atoms with Crippen molar-refractivity contribution in [3.63, 3.8) is 0 Å². The molecule has 8 heteroatoms. The van der Waals surface area contributed by atoms with E-state index in [9.17, 15) is 14.4 Å². The molecule has 160 valence electrons. The molecule has 2 aromatic carbocycles. The molecule has 3 amide bonds. The van der Waals surface area contributed by atoms with Gasteiger partial charge >= 0.3 is 6.09 Å². The van der Waals surface area contributed by atoms with Crippen LogP contribution < -0.4 is 16.0 Å². The fraction of sp³-hybridized carbons (Fsp3) is 0.318. The Morgan fingerprint density at radius 1 is 0.967 bits per heavy atom. The van der Waals surface area contributed by atoms with Crippen molar-refractivity contribution < 1.29 is 19.1 Å². The van der Waals surface area contributed by atoms with Gasteiger partial charge in [-0.05, 0) is 50.1 Å². The second kappa shape index (κ2) is 10.8. The van der Waals surface area contributed by atoms with E-state index >= 15 is 0 Å². The van der Waals surface area contributed by atoms with Crippen LogP contribution in [0.15, 0.2) is 53.0 Å². The zero-order valence-electron chi connectivity index (χ0n) is 17.3. The third-order valence-corrected chi connectivity index (χ3v) is 4.31. The van der Waals surface area contributed by atoms with Gasteiger partial charge < -0.3 is 20.7 Å². The monoisotopic (exact) mass is 475 g/mol. The van der Waals surface area contributed by atoms with Gasteiger partial charge in [0.15, 0.2) is 0 Å². The molecule has 0 atom stereocenters. The number of benzene rings is 2. The van der Waals surface area contributed by atoms with Gasteiger partial charge in [-0.1, -0.05) is 46.3 Å². The van der Waals surface area contributed by atoms with Gasteiger partial charge in [0.2, 0.25) is 11.8 Å². The third-order valence-electron chi connectivity index (χ3n) is 3.81. The summed E-state index contributed by atoms with van der Waals surface area (Å²) in [4.78, 5) is 36.1. The Bertz CT molecular complexity index is 909. The Labute approximate surface area is 184 Å². The van der Waals surface area contributed by atoms with E-state index < -0.39 is 17.6 Å². The van der Waals surface area contributed by atoms with Crippen LogP contribution in [0.4, 0.5) is 10.5 Å². The van der Waals surface area contributed by atoms with Crippen LogP contribution in [0, 0.1) is 0 Å². The average Bonchev–Trinajstić information content (AvgIpc) is 2.64. The van der Waals surface area contributed by atoms with Crippen molar-refractivity contribution in [1.29, 1.82) is 0 Å². The molecule has 0 fully saturated rings. The summed E-state index contributed by atoms with van der Waals surface area (Å²) in [6, 6.07) is 14.7. The summed E-state index contributed by atoms with van der Waals surface area (Å²) in [6.07, 6.45) is -0.404. The van der Waals surface area contributed by atoms with Crippen molar-refractivity contribution in [2.45, 2.75) is 39.3 Å². The van der Waals surface area contributed by atoms with E-state index in [0.29, 0.717) is 5.69 Å². The van der Waals surface area contributed by atoms with Crippen molar-refractivity contribution in [2.75, 3.05) is 11.9 Å². The van der Waals surface area contributed by atoms with Crippen LogP contribution in [-0.2, 0) is 27.3 Å². The molecule has 2 aromatic rings. The van der Waals surface area contributed by atoms with E-state index in [0.717, 1.165) is 15.6 Å². The molecule has 0 bridgehead atoms. The highest BCUT2D eigenvalue weighted by molar-refractivity contribution is 9.10. The highest BCUT2D eigenvalue weighted by Gasteiger charge is 2.17. The topological polar surface area (TPSA) is 96.5 Å². The summed E-state index contributed by atoms with van der Waals surface area (Å²) >= 11 is 3.39. The summed E-state index contributed by atoms with van der Waals surface area (Å²) in [5.41, 5.74) is 1.58. The number of carbonyl (C=O) groups excluding carboxylic acids is 3. The van der Waals surface area contributed by atoms with Crippen LogP contribution in [0.25, 0.3) is 0 Å². The van der Waals surface area contributed by atoms with Crippen molar-refractivity contribution in [2.24, 2.45) is 0 Å². The molecule has 3 N–H and O–H groups in total. The first-order valence-corrected chi connectivity index (χ1v) is 10.3. The number of para-hydroxylation sites is 1. The Hall–Kier alpha value is -2.87. The molecule has 0 saturated carbocycles. The molecule has 0 unspecified atom stereocenters. The second-order valence-electron chi connectivity index (χ2n) is 7.64. The van der Waals surface area contributed by atoms with Crippen molar-refractivity contribution in [3.8, 4) is 0 Å². The zero-order chi connectivity index (χ0) is 22.1. The van der Waals surface area contributed by atoms with E-state index in [-0.39, 0.29) is 25.4 Å². The predicted octanol–water partition coefficient (Wildman–Crippen LogP) is 3.77. The molecule has 0 heterocycles. The first-order chi connectivity index (χ1) is 14.1. The minimum atomic E-state index is -0.661. The number of rotatable bonds is 7. The summed E-state index contributed by atoms with van der Waals surface area (Å²) < 4.78 is 6.02. The van der Waals surface area contributed by atoms with E-state index in [1.807, 2.05) is 36.4 Å². The minimum Gasteiger partial charge on any atom is -0.444 e. The SMILES string of the molecule is CC(C)(C)OC(=O)NCC(=O)Nc1ccccc1CNC(=O)Cc1cccc(Br)c1. The number of amides is 3. The van der Waals surface area contributed by atoms with Crippen molar-refractivity contribution in [1.82, 2.24) is 10.6 Å². The van der Waals surface area contributed by atoms with Crippen LogP contribution >= 0.6 is 15.9 Å². The molecular weight excluding hydrogens is 450 g/mol. The Morgan fingerprint density at radius 2 is 1.70 bits per heavy atom. The van der Waals surface area contributed by atoms with Gasteiger partial charge in [0.05, 0.1) is 6.42 Å². The number of hydrogen-bond donors (Lipinski definition) is 3. The number of ether oxygens (including phenoxy) is 1. The molecule has 7 nitrogen and oxygen atoms in total. The van der Waals surface area contributed by atoms with Crippen molar-refractivity contribution in [3.05, 3.63) is 64.1 Å². The lowest BCUT2D eigenvalue weighted by atomic mass is 10.1. The van der Waals surface area contributed by atoms with Crippen LogP contribution in [-0.4, -0.2) is 30.1 Å². The van der Waals surface area contributed by atoms with Gasteiger partial charge in [0.25, 0.3) is 0 Å². The summed E-state index contributed by atoms with van der Waals surface area (Å²) in [5, 5.41) is 8.02. The number of alkyl carbamates (subject to hydrolysis) is 1. The Kier molecular flexibility index (Phi) is 8.41. The lowest BCUT2D eigenvalue weighted by Crippen LogP contribution is -2.37. The summed E-state index contributed by atoms with van der Waals surface area (Å²) in [6.45, 7) is 5.27. The van der Waals surface area contributed by atoms with Crippen LogP contribution in [0.2, 0.25) is 0 Å². The fourth-order valence-electron chi connectivity index (χ4n) is 2.55. The molecule has 0 aliphatic carbocycles. The molecule has 0 aliphatic heterocycles. The van der Waals surface area contributed by atoms with Gasteiger partial charge in [0.1, 0.15) is 12.1 Å². The number of carbonyl (C=O) groups is 3. The highest BCUT2D eigenvalue weighted by atomic mass is 79.9.